The molecule has 0 unspecified atom stereocenters. The summed E-state index contributed by atoms with van der Waals surface area (Å²) in [4.78, 5) is 23.2. The Balaban J connectivity index is 1.81. The maximum absolute atomic E-state index is 11.7. The van der Waals surface area contributed by atoms with Gasteiger partial charge in [-0.25, -0.2) is 4.79 Å². The van der Waals surface area contributed by atoms with Crippen LogP contribution in [0.3, 0.4) is 0 Å². The summed E-state index contributed by atoms with van der Waals surface area (Å²) in [6.07, 6.45) is 8.03. The smallest absolute Gasteiger partial charge is 0.375 e. The summed E-state index contributed by atoms with van der Waals surface area (Å²) in [6, 6.07) is 0. The number of carbonyl (C=O) groups is 2. The summed E-state index contributed by atoms with van der Waals surface area (Å²) < 4.78 is 5.20. The third-order valence-corrected chi connectivity index (χ3v) is 3.50. The van der Waals surface area contributed by atoms with Crippen molar-refractivity contribution >= 4 is 11.8 Å². The van der Waals surface area contributed by atoms with Crippen LogP contribution in [0.5, 0.6) is 0 Å². The Morgan fingerprint density at radius 1 is 0.867 bits per heavy atom. The molecule has 0 aliphatic heterocycles. The minimum Gasteiger partial charge on any atom is -0.457 e. The summed E-state index contributed by atoms with van der Waals surface area (Å²) in [6.45, 7) is 0. The van der Waals surface area contributed by atoms with E-state index in [2.05, 4.69) is 0 Å². The molecule has 2 aliphatic rings. The Labute approximate surface area is 90.2 Å². The van der Waals surface area contributed by atoms with E-state index in [4.69, 9.17) is 4.74 Å². The molecule has 0 amide bonds. The van der Waals surface area contributed by atoms with E-state index < -0.39 is 5.97 Å². The number of rotatable bonds is 3. The first-order chi connectivity index (χ1) is 7.27. The van der Waals surface area contributed by atoms with Crippen molar-refractivity contribution in [3.05, 3.63) is 0 Å². The molecule has 0 aromatic heterocycles. The molecule has 0 aromatic rings. The van der Waals surface area contributed by atoms with Crippen LogP contribution in [-0.2, 0) is 14.3 Å². The zero-order valence-corrected chi connectivity index (χ0v) is 9.04. The Kier molecular flexibility index (Phi) is 3.39. The van der Waals surface area contributed by atoms with Gasteiger partial charge in [0.1, 0.15) is 6.10 Å². The number of ether oxygens (including phenoxy) is 1. The summed E-state index contributed by atoms with van der Waals surface area (Å²) in [5.41, 5.74) is 0. The van der Waals surface area contributed by atoms with E-state index in [9.17, 15) is 9.59 Å². The van der Waals surface area contributed by atoms with Gasteiger partial charge in [-0.3, -0.25) is 4.79 Å². The van der Waals surface area contributed by atoms with Crippen LogP contribution in [0.4, 0.5) is 0 Å². The van der Waals surface area contributed by atoms with E-state index in [0.717, 1.165) is 51.4 Å². The van der Waals surface area contributed by atoms with Gasteiger partial charge in [-0.2, -0.15) is 0 Å². The van der Waals surface area contributed by atoms with Crippen LogP contribution in [0.2, 0.25) is 0 Å². The molecule has 3 nitrogen and oxygen atoms in total. The zero-order chi connectivity index (χ0) is 10.7. The maximum Gasteiger partial charge on any atom is 0.375 e. The molecule has 0 atom stereocenters. The summed E-state index contributed by atoms with van der Waals surface area (Å²) in [5, 5.41) is 0. The van der Waals surface area contributed by atoms with Gasteiger partial charge in [0, 0.05) is 5.92 Å². The number of ketones is 1. The second kappa shape index (κ2) is 4.77. The molecule has 2 saturated carbocycles. The van der Waals surface area contributed by atoms with Crippen LogP contribution in [0.1, 0.15) is 51.4 Å². The molecule has 2 aliphatic carbocycles. The Hall–Kier alpha value is -0.860. The molecule has 3 heteroatoms. The van der Waals surface area contributed by atoms with Gasteiger partial charge < -0.3 is 4.74 Å². The Morgan fingerprint density at radius 3 is 2.00 bits per heavy atom. The van der Waals surface area contributed by atoms with E-state index in [1.54, 1.807) is 0 Å². The topological polar surface area (TPSA) is 43.4 Å². The number of hydrogen-bond acceptors (Lipinski definition) is 3. The number of Topliss-reactive ketones (excluding diaryl/α,β-unsaturated/α-hetero) is 1. The summed E-state index contributed by atoms with van der Waals surface area (Å²) in [5.74, 6) is -0.896. The van der Waals surface area contributed by atoms with Crippen molar-refractivity contribution in [3.63, 3.8) is 0 Å². The highest BCUT2D eigenvalue weighted by Crippen LogP contribution is 2.27. The molecule has 84 valence electrons. The fraction of sp³-hybridized carbons (Fsp3) is 0.833. The highest BCUT2D eigenvalue weighted by Gasteiger charge is 2.31. The summed E-state index contributed by atoms with van der Waals surface area (Å²) >= 11 is 0. The van der Waals surface area contributed by atoms with Gasteiger partial charge in [-0.1, -0.05) is 12.8 Å². The molecule has 0 saturated heterocycles. The number of hydrogen-bond donors (Lipinski definition) is 0. The van der Waals surface area contributed by atoms with Gasteiger partial charge in [0.15, 0.2) is 0 Å². The molecule has 0 spiro atoms. The van der Waals surface area contributed by atoms with Crippen molar-refractivity contribution in [2.75, 3.05) is 0 Å². The van der Waals surface area contributed by atoms with Gasteiger partial charge in [0.2, 0.25) is 5.78 Å². The molecule has 0 N–H and O–H groups in total. The lowest BCUT2D eigenvalue weighted by atomic mass is 10.0. The van der Waals surface area contributed by atoms with Gasteiger partial charge in [0.25, 0.3) is 0 Å². The number of carbonyl (C=O) groups excluding carboxylic acids is 2. The lowest BCUT2D eigenvalue weighted by Gasteiger charge is -2.12. The van der Waals surface area contributed by atoms with E-state index in [0.29, 0.717) is 0 Å². The third kappa shape index (κ3) is 2.58. The van der Waals surface area contributed by atoms with Crippen LogP contribution in [-0.4, -0.2) is 17.9 Å². The van der Waals surface area contributed by atoms with Crippen molar-refractivity contribution in [2.24, 2.45) is 5.92 Å². The molecular formula is C12H18O3. The van der Waals surface area contributed by atoms with Crippen molar-refractivity contribution in [1.82, 2.24) is 0 Å². The van der Waals surface area contributed by atoms with Crippen molar-refractivity contribution in [3.8, 4) is 0 Å². The predicted octanol–water partition coefficient (Wildman–Crippen LogP) is 2.23. The zero-order valence-electron chi connectivity index (χ0n) is 9.04. The molecule has 15 heavy (non-hydrogen) atoms. The van der Waals surface area contributed by atoms with Crippen LogP contribution >= 0.6 is 0 Å². The van der Waals surface area contributed by atoms with E-state index in [1.165, 1.54) is 0 Å². The van der Waals surface area contributed by atoms with E-state index >= 15 is 0 Å². The maximum atomic E-state index is 11.7. The standard InChI is InChI=1S/C12H18O3/c13-11(9-5-1-2-6-9)12(14)15-10-7-3-4-8-10/h9-10H,1-8H2. The fourth-order valence-corrected chi connectivity index (χ4v) is 2.57. The third-order valence-electron chi connectivity index (χ3n) is 3.50. The van der Waals surface area contributed by atoms with Gasteiger partial charge in [-0.05, 0) is 38.5 Å². The molecular weight excluding hydrogens is 192 g/mol. The first-order valence-corrected chi connectivity index (χ1v) is 6.02. The van der Waals surface area contributed by atoms with Gasteiger partial charge in [-0.15, -0.1) is 0 Å². The molecule has 2 fully saturated rings. The number of esters is 1. The second-order valence-electron chi connectivity index (χ2n) is 4.66. The fourth-order valence-electron chi connectivity index (χ4n) is 2.57. The predicted molar refractivity (Wildman–Crippen MR) is 55.3 cm³/mol. The average molecular weight is 210 g/mol. The Morgan fingerprint density at radius 2 is 1.40 bits per heavy atom. The van der Waals surface area contributed by atoms with Crippen molar-refractivity contribution in [2.45, 2.75) is 57.5 Å². The van der Waals surface area contributed by atoms with Gasteiger partial charge >= 0.3 is 5.97 Å². The minimum absolute atomic E-state index is 0.0165. The monoisotopic (exact) mass is 210 g/mol. The van der Waals surface area contributed by atoms with Crippen LogP contribution in [0.25, 0.3) is 0 Å². The largest absolute Gasteiger partial charge is 0.457 e. The quantitative estimate of drug-likeness (QED) is 0.530. The van der Waals surface area contributed by atoms with Gasteiger partial charge in [0.05, 0.1) is 0 Å². The van der Waals surface area contributed by atoms with Crippen molar-refractivity contribution in [1.29, 1.82) is 0 Å². The molecule has 0 radical (unpaired) electrons. The van der Waals surface area contributed by atoms with Crippen LogP contribution in [0.15, 0.2) is 0 Å². The molecule has 2 rings (SSSR count). The van der Waals surface area contributed by atoms with E-state index in [1.807, 2.05) is 0 Å². The lowest BCUT2D eigenvalue weighted by molar-refractivity contribution is -0.159. The first-order valence-electron chi connectivity index (χ1n) is 6.02. The van der Waals surface area contributed by atoms with E-state index in [-0.39, 0.29) is 17.8 Å². The molecule has 0 heterocycles. The highest BCUT2D eigenvalue weighted by atomic mass is 16.5. The van der Waals surface area contributed by atoms with Crippen molar-refractivity contribution < 1.29 is 14.3 Å². The minimum atomic E-state index is -0.575. The first kappa shape index (κ1) is 10.7. The SMILES string of the molecule is O=C(OC1CCCC1)C(=O)C1CCCC1. The van der Waals surface area contributed by atoms with Crippen LogP contribution in [0, 0.1) is 5.92 Å². The summed E-state index contributed by atoms with van der Waals surface area (Å²) in [7, 11) is 0. The second-order valence-corrected chi connectivity index (χ2v) is 4.66. The lowest BCUT2D eigenvalue weighted by Crippen LogP contribution is -2.27. The molecule has 0 bridgehead atoms. The normalized spacial score (nSPS) is 23.2. The Bertz CT molecular complexity index is 248. The average Bonchev–Trinajstić information content (AvgIpc) is 2.88. The highest BCUT2D eigenvalue weighted by molar-refractivity contribution is 6.34. The molecule has 0 aromatic carbocycles. The van der Waals surface area contributed by atoms with Crippen LogP contribution < -0.4 is 0 Å².